The Kier molecular flexibility index (Phi) is 2.42. The first kappa shape index (κ1) is 12.1. The summed E-state index contributed by atoms with van der Waals surface area (Å²) in [7, 11) is 1.64. The summed E-state index contributed by atoms with van der Waals surface area (Å²) in [6.07, 6.45) is 2.13. The molecule has 3 fully saturated rings. The topological polar surface area (TPSA) is 86.8 Å². The van der Waals surface area contributed by atoms with Gasteiger partial charge in [0.1, 0.15) is 11.5 Å². The summed E-state index contributed by atoms with van der Waals surface area (Å²) >= 11 is 0. The van der Waals surface area contributed by atoms with E-state index >= 15 is 0 Å². The maximum absolute atomic E-state index is 12.5. The number of urea groups is 1. The predicted octanol–water partition coefficient (Wildman–Crippen LogP) is -0.534. The van der Waals surface area contributed by atoms with E-state index in [-0.39, 0.29) is 5.91 Å². The van der Waals surface area contributed by atoms with Gasteiger partial charge in [0.15, 0.2) is 0 Å². The molecule has 7 heteroatoms. The first-order valence-corrected chi connectivity index (χ1v) is 6.41. The van der Waals surface area contributed by atoms with E-state index in [4.69, 9.17) is 0 Å². The molecule has 2 aliphatic heterocycles. The number of nitrogens with one attached hydrogen (secondary N) is 1. The molecule has 1 N–H and O–H groups in total. The van der Waals surface area contributed by atoms with Gasteiger partial charge in [0.2, 0.25) is 17.7 Å². The monoisotopic (exact) mass is 265 g/mol. The lowest BCUT2D eigenvalue weighted by atomic mass is 9.66. The molecule has 2 saturated heterocycles. The highest BCUT2D eigenvalue weighted by molar-refractivity contribution is 6.20. The first-order valence-electron chi connectivity index (χ1n) is 6.41. The minimum atomic E-state index is -1.10. The second kappa shape index (κ2) is 3.79. The number of likely N-dealkylation sites (tertiary alicyclic amines) is 1. The molecule has 0 aromatic rings. The van der Waals surface area contributed by atoms with Gasteiger partial charge in [-0.15, -0.1) is 0 Å². The van der Waals surface area contributed by atoms with E-state index in [1.54, 1.807) is 7.05 Å². The van der Waals surface area contributed by atoms with Crippen molar-refractivity contribution in [2.45, 2.75) is 31.7 Å². The van der Waals surface area contributed by atoms with E-state index in [1.165, 1.54) is 4.90 Å². The lowest BCUT2D eigenvalue weighted by molar-refractivity contribution is -0.161. The van der Waals surface area contributed by atoms with Gasteiger partial charge in [-0.2, -0.15) is 0 Å². The van der Waals surface area contributed by atoms with Gasteiger partial charge in [0.05, 0.1) is 0 Å². The number of amides is 5. The van der Waals surface area contributed by atoms with Crippen LogP contribution in [0.2, 0.25) is 0 Å². The van der Waals surface area contributed by atoms with Crippen LogP contribution < -0.4 is 5.32 Å². The molecule has 1 saturated carbocycles. The summed E-state index contributed by atoms with van der Waals surface area (Å²) in [5, 5.41) is 2.22. The molecule has 0 aromatic heterocycles. The van der Waals surface area contributed by atoms with Crippen LogP contribution in [0.3, 0.4) is 0 Å². The molecule has 0 aromatic carbocycles. The third-order valence-electron chi connectivity index (χ3n) is 4.42. The molecule has 1 aliphatic carbocycles. The number of likely N-dealkylation sites (N-methyl/N-ethyl adjacent to an activating group) is 1. The zero-order chi connectivity index (χ0) is 13.8. The van der Waals surface area contributed by atoms with E-state index in [0.29, 0.717) is 25.8 Å². The third-order valence-corrected chi connectivity index (χ3v) is 4.42. The van der Waals surface area contributed by atoms with Crippen LogP contribution in [0.5, 0.6) is 0 Å². The van der Waals surface area contributed by atoms with Crippen molar-refractivity contribution >= 4 is 23.8 Å². The van der Waals surface area contributed by atoms with Crippen molar-refractivity contribution in [1.82, 2.24) is 15.1 Å². The molecule has 1 atom stereocenters. The van der Waals surface area contributed by atoms with Crippen molar-refractivity contribution in [2.75, 3.05) is 13.6 Å². The smallest absolute Gasteiger partial charge is 0.331 e. The summed E-state index contributed by atoms with van der Waals surface area (Å²) in [5.74, 6) is -1.25. The Morgan fingerprint density at radius 3 is 2.37 bits per heavy atom. The van der Waals surface area contributed by atoms with Crippen molar-refractivity contribution in [3.8, 4) is 0 Å². The molecule has 7 nitrogen and oxygen atoms in total. The van der Waals surface area contributed by atoms with Gasteiger partial charge < -0.3 is 4.90 Å². The fraction of sp³-hybridized carbons (Fsp3) is 0.667. The van der Waals surface area contributed by atoms with E-state index in [0.717, 1.165) is 11.3 Å². The summed E-state index contributed by atoms with van der Waals surface area (Å²) in [5.41, 5.74) is -1.10. The molecule has 3 aliphatic rings. The fourth-order valence-corrected chi connectivity index (χ4v) is 2.99. The number of imide groups is 2. The van der Waals surface area contributed by atoms with Crippen molar-refractivity contribution in [3.63, 3.8) is 0 Å². The van der Waals surface area contributed by atoms with E-state index < -0.39 is 29.3 Å². The van der Waals surface area contributed by atoms with Crippen molar-refractivity contribution in [3.05, 3.63) is 0 Å². The van der Waals surface area contributed by atoms with Crippen LogP contribution in [0.25, 0.3) is 0 Å². The van der Waals surface area contributed by atoms with Gasteiger partial charge in [-0.25, -0.2) is 4.79 Å². The van der Waals surface area contributed by atoms with Gasteiger partial charge in [-0.3, -0.25) is 24.6 Å². The van der Waals surface area contributed by atoms with Crippen LogP contribution in [0.4, 0.5) is 4.79 Å². The Bertz CT molecular complexity index is 497. The van der Waals surface area contributed by atoms with Crippen LogP contribution >= 0.6 is 0 Å². The largest absolute Gasteiger partial charge is 0.344 e. The second-order valence-electron chi connectivity index (χ2n) is 5.43. The maximum atomic E-state index is 12.5. The maximum Gasteiger partial charge on any atom is 0.331 e. The summed E-state index contributed by atoms with van der Waals surface area (Å²) in [6, 6.07) is -1.52. The highest BCUT2D eigenvalue weighted by Crippen LogP contribution is 2.45. The minimum Gasteiger partial charge on any atom is -0.344 e. The summed E-state index contributed by atoms with van der Waals surface area (Å²) in [6.45, 7) is 0.515. The zero-order valence-electron chi connectivity index (χ0n) is 10.6. The SMILES string of the molecule is CN1CCC(N2C(=O)NC(=O)C3(CCC3)C2=O)C1=O. The molecule has 5 amide bonds. The highest BCUT2D eigenvalue weighted by Gasteiger charge is 2.59. The van der Waals surface area contributed by atoms with Gasteiger partial charge in [0, 0.05) is 13.6 Å². The van der Waals surface area contributed by atoms with Crippen LogP contribution in [0.15, 0.2) is 0 Å². The number of hydrogen-bond donors (Lipinski definition) is 1. The summed E-state index contributed by atoms with van der Waals surface area (Å²) in [4.78, 5) is 50.6. The lowest BCUT2D eigenvalue weighted by Gasteiger charge is -2.45. The van der Waals surface area contributed by atoms with E-state index in [9.17, 15) is 19.2 Å². The van der Waals surface area contributed by atoms with Gasteiger partial charge in [0.25, 0.3) is 0 Å². The molecular formula is C12H15N3O4. The predicted molar refractivity (Wildman–Crippen MR) is 62.7 cm³/mol. The minimum absolute atomic E-state index is 0.243. The molecule has 19 heavy (non-hydrogen) atoms. The van der Waals surface area contributed by atoms with Crippen LogP contribution in [-0.2, 0) is 14.4 Å². The van der Waals surface area contributed by atoms with Crippen LogP contribution in [0, 0.1) is 5.41 Å². The zero-order valence-corrected chi connectivity index (χ0v) is 10.6. The molecule has 102 valence electrons. The first-order chi connectivity index (χ1) is 8.97. The Morgan fingerprint density at radius 1 is 1.21 bits per heavy atom. The number of nitrogens with zero attached hydrogens (tertiary/aromatic N) is 2. The highest BCUT2D eigenvalue weighted by atomic mass is 16.2. The Labute approximate surface area is 109 Å². The standard InChI is InChI=1S/C12H15N3O4/c1-14-6-3-7(8(14)16)15-10(18)12(4-2-5-12)9(17)13-11(15)19/h7H,2-6H2,1H3,(H,13,17,19). The average molecular weight is 265 g/mol. The Morgan fingerprint density at radius 2 is 1.89 bits per heavy atom. The number of carbonyl (C=O) groups is 4. The number of barbiturate groups is 1. The molecule has 2 heterocycles. The van der Waals surface area contributed by atoms with Gasteiger partial charge >= 0.3 is 6.03 Å². The fourth-order valence-electron chi connectivity index (χ4n) is 2.99. The third kappa shape index (κ3) is 1.44. The molecule has 0 radical (unpaired) electrons. The van der Waals surface area contributed by atoms with Crippen molar-refractivity contribution in [2.24, 2.45) is 5.41 Å². The molecule has 1 spiro atoms. The molecule has 1 unspecified atom stereocenters. The number of carbonyl (C=O) groups excluding carboxylic acids is 4. The van der Waals surface area contributed by atoms with E-state index in [1.807, 2.05) is 0 Å². The quantitative estimate of drug-likeness (QED) is 0.645. The van der Waals surface area contributed by atoms with Gasteiger partial charge in [-0.1, -0.05) is 6.42 Å². The Balaban J connectivity index is 1.92. The van der Waals surface area contributed by atoms with Crippen LogP contribution in [0.1, 0.15) is 25.7 Å². The molecule has 0 bridgehead atoms. The van der Waals surface area contributed by atoms with Crippen molar-refractivity contribution < 1.29 is 19.2 Å². The molecule has 3 rings (SSSR count). The van der Waals surface area contributed by atoms with Gasteiger partial charge in [-0.05, 0) is 19.3 Å². The van der Waals surface area contributed by atoms with Crippen molar-refractivity contribution in [1.29, 1.82) is 0 Å². The average Bonchev–Trinajstić information content (AvgIpc) is 2.59. The Hall–Kier alpha value is -1.92. The lowest BCUT2D eigenvalue weighted by Crippen LogP contribution is -2.68. The number of rotatable bonds is 1. The van der Waals surface area contributed by atoms with Crippen LogP contribution in [-0.4, -0.2) is 53.2 Å². The van der Waals surface area contributed by atoms with E-state index in [2.05, 4.69) is 5.32 Å². The normalized spacial score (nSPS) is 29.8. The molecular weight excluding hydrogens is 250 g/mol. The summed E-state index contributed by atoms with van der Waals surface area (Å²) < 4.78 is 0. The number of hydrogen-bond acceptors (Lipinski definition) is 4. The second-order valence-corrected chi connectivity index (χ2v) is 5.43.